The Hall–Kier alpha value is -2.40. The molecule has 2 aromatic carbocycles. The van der Waals surface area contributed by atoms with Gasteiger partial charge in [0.2, 0.25) is 0 Å². The van der Waals surface area contributed by atoms with Crippen molar-refractivity contribution in [1.29, 1.82) is 0 Å². The Kier molecular flexibility index (Phi) is 5.57. The van der Waals surface area contributed by atoms with Crippen molar-refractivity contribution in [1.82, 2.24) is 5.32 Å². The number of carbonyl (C=O) groups excluding carboxylic acids is 1. The van der Waals surface area contributed by atoms with Gasteiger partial charge in [-0.15, -0.1) is 0 Å². The summed E-state index contributed by atoms with van der Waals surface area (Å²) in [6.07, 6.45) is 0. The molecule has 0 spiro atoms. The number of anilines is 2. The molecule has 0 fully saturated rings. The average Bonchev–Trinajstić information content (AvgIpc) is 2.54. The number of hydrogen-bond donors (Lipinski definition) is 3. The minimum absolute atomic E-state index is 0.0609. The molecule has 5 heteroatoms. The van der Waals surface area contributed by atoms with E-state index in [2.05, 4.69) is 36.7 Å². The first kappa shape index (κ1) is 17.9. The zero-order valence-electron chi connectivity index (χ0n) is 14.4. The predicted octanol–water partition coefficient (Wildman–Crippen LogP) is 4.15. The largest absolute Gasteiger partial charge is 0.388 e. The summed E-state index contributed by atoms with van der Waals surface area (Å²) < 4.78 is 0. The van der Waals surface area contributed by atoms with Crippen molar-refractivity contribution in [3.05, 3.63) is 59.7 Å². The van der Waals surface area contributed by atoms with Crippen molar-refractivity contribution in [2.24, 2.45) is 0 Å². The van der Waals surface area contributed by atoms with E-state index >= 15 is 0 Å². The quantitative estimate of drug-likeness (QED) is 0.734. The summed E-state index contributed by atoms with van der Waals surface area (Å²) in [4.78, 5) is 12.3. The van der Waals surface area contributed by atoms with Crippen LogP contribution < -0.4 is 16.0 Å². The number of hydrogen-bond acceptors (Lipinski definition) is 3. The van der Waals surface area contributed by atoms with Crippen molar-refractivity contribution >= 4 is 34.6 Å². The molecule has 24 heavy (non-hydrogen) atoms. The van der Waals surface area contributed by atoms with Crippen LogP contribution in [0.25, 0.3) is 0 Å². The molecule has 4 nitrogen and oxygen atoms in total. The molecule has 0 aliphatic carbocycles. The zero-order valence-corrected chi connectivity index (χ0v) is 15.3. The van der Waals surface area contributed by atoms with Gasteiger partial charge in [-0.25, -0.2) is 0 Å². The highest BCUT2D eigenvalue weighted by Gasteiger charge is 2.14. The minimum atomic E-state index is -0.222. The van der Waals surface area contributed by atoms with Gasteiger partial charge in [0.15, 0.2) is 5.11 Å². The second-order valence-electron chi connectivity index (χ2n) is 6.56. The van der Waals surface area contributed by atoms with Crippen LogP contribution in [0.5, 0.6) is 0 Å². The van der Waals surface area contributed by atoms with Crippen LogP contribution in [0.2, 0.25) is 0 Å². The van der Waals surface area contributed by atoms with Gasteiger partial charge in [0, 0.05) is 24.0 Å². The molecule has 3 N–H and O–H groups in total. The molecule has 0 aliphatic rings. The fourth-order valence-corrected chi connectivity index (χ4v) is 2.39. The number of benzene rings is 2. The summed E-state index contributed by atoms with van der Waals surface area (Å²) in [5.41, 5.74) is 3.66. The molecule has 2 rings (SSSR count). The smallest absolute Gasteiger partial charge is 0.257 e. The molecule has 0 aliphatic heterocycles. The molecule has 0 bridgehead atoms. The maximum atomic E-state index is 12.3. The van der Waals surface area contributed by atoms with Gasteiger partial charge >= 0.3 is 0 Å². The molecule has 0 saturated heterocycles. The van der Waals surface area contributed by atoms with Crippen molar-refractivity contribution in [2.45, 2.75) is 26.2 Å². The molecule has 0 radical (unpaired) electrons. The van der Waals surface area contributed by atoms with Crippen LogP contribution in [0.4, 0.5) is 11.4 Å². The first-order valence-electron chi connectivity index (χ1n) is 7.80. The topological polar surface area (TPSA) is 53.2 Å². The molecule has 2 aromatic rings. The van der Waals surface area contributed by atoms with Gasteiger partial charge in [-0.1, -0.05) is 32.9 Å². The van der Waals surface area contributed by atoms with E-state index in [1.807, 2.05) is 55.6 Å². The Morgan fingerprint density at radius 1 is 0.917 bits per heavy atom. The van der Waals surface area contributed by atoms with Gasteiger partial charge in [0.05, 0.1) is 0 Å². The lowest BCUT2D eigenvalue weighted by Crippen LogP contribution is -2.34. The van der Waals surface area contributed by atoms with E-state index in [9.17, 15) is 4.79 Å². The van der Waals surface area contributed by atoms with Crippen molar-refractivity contribution in [3.8, 4) is 0 Å². The first-order valence-corrected chi connectivity index (χ1v) is 8.21. The first-order chi connectivity index (χ1) is 11.3. The van der Waals surface area contributed by atoms with Crippen LogP contribution in [0.3, 0.4) is 0 Å². The molecule has 0 saturated carbocycles. The lowest BCUT2D eigenvalue weighted by Gasteiger charge is -2.19. The van der Waals surface area contributed by atoms with E-state index in [1.54, 1.807) is 0 Å². The van der Waals surface area contributed by atoms with Gasteiger partial charge in [0.25, 0.3) is 5.91 Å². The molecule has 126 valence electrons. The highest BCUT2D eigenvalue weighted by molar-refractivity contribution is 7.80. The van der Waals surface area contributed by atoms with Crippen molar-refractivity contribution in [2.75, 3.05) is 17.7 Å². The summed E-state index contributed by atoms with van der Waals surface area (Å²) in [7, 11) is 1.86. The van der Waals surface area contributed by atoms with E-state index in [-0.39, 0.29) is 16.4 Å². The van der Waals surface area contributed by atoms with Crippen LogP contribution in [0, 0.1) is 0 Å². The second kappa shape index (κ2) is 7.45. The monoisotopic (exact) mass is 341 g/mol. The molecule has 0 atom stereocenters. The molecule has 0 aromatic heterocycles. The van der Waals surface area contributed by atoms with Gasteiger partial charge in [-0.3, -0.25) is 10.1 Å². The third-order valence-electron chi connectivity index (χ3n) is 3.67. The number of thiocarbonyl (C=S) groups is 1. The summed E-state index contributed by atoms with van der Waals surface area (Å²) in [5.74, 6) is -0.222. The van der Waals surface area contributed by atoms with Crippen LogP contribution in [0.1, 0.15) is 36.7 Å². The Bertz CT molecular complexity index is 716. The fraction of sp³-hybridized carbons (Fsp3) is 0.263. The summed E-state index contributed by atoms with van der Waals surface area (Å²) in [5, 5.41) is 9.02. The van der Waals surface area contributed by atoms with Crippen molar-refractivity contribution in [3.63, 3.8) is 0 Å². The standard InChI is InChI=1S/C19H23N3OS/c1-19(2,3)14-7-5-13(6-8-14)17(23)22-18(24)21-16-11-9-15(20-4)10-12-16/h5-12,20H,1-4H3,(H2,21,22,23,24). The van der Waals surface area contributed by atoms with Crippen LogP contribution in [-0.2, 0) is 5.41 Å². The number of amides is 1. The lowest BCUT2D eigenvalue weighted by atomic mass is 9.87. The van der Waals surface area contributed by atoms with E-state index in [4.69, 9.17) is 12.2 Å². The highest BCUT2D eigenvalue weighted by atomic mass is 32.1. The van der Waals surface area contributed by atoms with Crippen LogP contribution in [-0.4, -0.2) is 18.1 Å². The third kappa shape index (κ3) is 4.80. The van der Waals surface area contributed by atoms with E-state index < -0.39 is 0 Å². The summed E-state index contributed by atoms with van der Waals surface area (Å²) in [6, 6.07) is 15.2. The minimum Gasteiger partial charge on any atom is -0.388 e. The summed E-state index contributed by atoms with van der Waals surface area (Å²) in [6.45, 7) is 6.42. The zero-order chi connectivity index (χ0) is 17.7. The highest BCUT2D eigenvalue weighted by Crippen LogP contribution is 2.22. The number of carbonyl (C=O) groups is 1. The third-order valence-corrected chi connectivity index (χ3v) is 3.88. The Morgan fingerprint density at radius 2 is 1.46 bits per heavy atom. The van der Waals surface area contributed by atoms with Crippen LogP contribution in [0.15, 0.2) is 48.5 Å². The van der Waals surface area contributed by atoms with Crippen LogP contribution >= 0.6 is 12.2 Å². The summed E-state index contributed by atoms with van der Waals surface area (Å²) >= 11 is 5.20. The SMILES string of the molecule is CNc1ccc(NC(=S)NC(=O)c2ccc(C(C)(C)C)cc2)cc1. The molecule has 0 heterocycles. The average molecular weight is 341 g/mol. The lowest BCUT2D eigenvalue weighted by molar-refractivity contribution is 0.0977. The maximum Gasteiger partial charge on any atom is 0.257 e. The normalized spacial score (nSPS) is 10.8. The van der Waals surface area contributed by atoms with E-state index in [0.29, 0.717) is 5.56 Å². The Morgan fingerprint density at radius 3 is 1.96 bits per heavy atom. The Labute approximate surface area is 148 Å². The molecule has 1 amide bonds. The molecular weight excluding hydrogens is 318 g/mol. The van der Waals surface area contributed by atoms with Gasteiger partial charge in [-0.05, 0) is 59.6 Å². The number of nitrogens with one attached hydrogen (secondary N) is 3. The van der Waals surface area contributed by atoms with Gasteiger partial charge in [0.1, 0.15) is 0 Å². The van der Waals surface area contributed by atoms with Gasteiger partial charge < -0.3 is 10.6 Å². The number of rotatable bonds is 3. The van der Waals surface area contributed by atoms with E-state index in [1.165, 1.54) is 5.56 Å². The van der Waals surface area contributed by atoms with Gasteiger partial charge in [-0.2, -0.15) is 0 Å². The van der Waals surface area contributed by atoms with E-state index in [0.717, 1.165) is 11.4 Å². The molecular formula is C19H23N3OS. The van der Waals surface area contributed by atoms with Crippen molar-refractivity contribution < 1.29 is 4.79 Å². The maximum absolute atomic E-state index is 12.3. The second-order valence-corrected chi connectivity index (χ2v) is 6.97. The predicted molar refractivity (Wildman–Crippen MR) is 105 cm³/mol. The fourth-order valence-electron chi connectivity index (χ4n) is 2.18. The Balaban J connectivity index is 1.96. The molecule has 0 unspecified atom stereocenters.